The van der Waals surface area contributed by atoms with Crippen LogP contribution < -0.4 is 25.7 Å². The van der Waals surface area contributed by atoms with Crippen LogP contribution in [0.4, 0.5) is 23.2 Å². The Morgan fingerprint density at radius 1 is 1.17 bits per heavy atom. The lowest BCUT2D eigenvalue weighted by Gasteiger charge is -2.43. The van der Waals surface area contributed by atoms with E-state index >= 15 is 4.39 Å². The summed E-state index contributed by atoms with van der Waals surface area (Å²) in [5, 5.41) is 13.3. The van der Waals surface area contributed by atoms with Gasteiger partial charge in [-0.05, 0) is 37.8 Å². The molecule has 4 rings (SSSR count). The van der Waals surface area contributed by atoms with Crippen LogP contribution in [0.3, 0.4) is 0 Å². The fourth-order valence-electron chi connectivity index (χ4n) is 5.33. The van der Waals surface area contributed by atoms with E-state index in [0.717, 1.165) is 18.9 Å². The van der Waals surface area contributed by atoms with Gasteiger partial charge in [-0.25, -0.2) is 9.18 Å². The van der Waals surface area contributed by atoms with Gasteiger partial charge >= 0.3 is 17.8 Å². The van der Waals surface area contributed by atoms with E-state index < -0.39 is 46.5 Å². The van der Waals surface area contributed by atoms with Crippen molar-refractivity contribution in [2.24, 2.45) is 5.92 Å². The van der Waals surface area contributed by atoms with Crippen molar-refractivity contribution < 1.29 is 46.7 Å². The van der Waals surface area contributed by atoms with Gasteiger partial charge in [0.15, 0.2) is 5.43 Å². The Hall–Kier alpha value is -3.68. The van der Waals surface area contributed by atoms with Crippen molar-refractivity contribution in [2.75, 3.05) is 37.7 Å². The Morgan fingerprint density at radius 2 is 1.80 bits per heavy atom. The maximum absolute atomic E-state index is 15.3. The number of carboxylic acids is 1. The molecule has 0 radical (unpaired) electrons. The van der Waals surface area contributed by atoms with Gasteiger partial charge < -0.3 is 24.1 Å². The molecule has 2 aliphatic rings. The molecule has 2 aromatic rings. The zero-order valence-corrected chi connectivity index (χ0v) is 22.9. The number of nitrogens with zero attached hydrogens (tertiary/aromatic N) is 2. The smallest absolute Gasteiger partial charge is 0.478 e. The summed E-state index contributed by atoms with van der Waals surface area (Å²) < 4.78 is 65.7. The Kier molecular flexibility index (Phi) is 8.35. The first-order chi connectivity index (χ1) is 19.2. The molecule has 1 aromatic heterocycles. The minimum Gasteiger partial charge on any atom is -0.545 e. The number of alkyl halides is 3. The van der Waals surface area contributed by atoms with Gasteiger partial charge in [-0.2, -0.15) is 13.2 Å². The van der Waals surface area contributed by atoms with Gasteiger partial charge in [0.05, 0.1) is 55.5 Å². The summed E-state index contributed by atoms with van der Waals surface area (Å²) in [4.78, 5) is 50.8. The summed E-state index contributed by atoms with van der Waals surface area (Å²) in [5.41, 5.74) is -4.51. The average Bonchev–Trinajstić information content (AvgIpc) is 3.72. The van der Waals surface area contributed by atoms with Crippen molar-refractivity contribution in [1.82, 2.24) is 9.88 Å². The lowest BCUT2D eigenvalue weighted by atomic mass is 10.0. The Bertz CT molecular complexity index is 1410. The molecule has 14 heteroatoms. The molecule has 1 saturated carbocycles. The lowest BCUT2D eigenvalue weighted by molar-refractivity contribution is -0.959. The van der Waals surface area contributed by atoms with Crippen molar-refractivity contribution in [3.63, 3.8) is 0 Å². The Balaban J connectivity index is 1.68. The largest absolute Gasteiger partial charge is 0.545 e. The van der Waals surface area contributed by atoms with Crippen LogP contribution in [0.5, 0.6) is 0 Å². The third-order valence-corrected chi connectivity index (χ3v) is 7.43. The van der Waals surface area contributed by atoms with E-state index in [4.69, 9.17) is 4.74 Å². The van der Waals surface area contributed by atoms with E-state index in [1.54, 1.807) is 18.4 Å². The van der Waals surface area contributed by atoms with Crippen LogP contribution >= 0.6 is 0 Å². The van der Waals surface area contributed by atoms with Crippen molar-refractivity contribution in [3.8, 4) is 0 Å². The number of ether oxygens (including phenoxy) is 1. The number of anilines is 1. The number of nitrogens with one attached hydrogen (secondary N) is 2. The molecule has 2 heterocycles. The summed E-state index contributed by atoms with van der Waals surface area (Å²) in [5.74, 6) is -5.36. The molecule has 224 valence electrons. The van der Waals surface area contributed by atoms with Gasteiger partial charge in [0, 0.05) is 24.0 Å². The zero-order valence-electron chi connectivity index (χ0n) is 22.9. The highest BCUT2D eigenvalue weighted by Gasteiger charge is 2.71. The molecular weight excluding hydrogens is 552 g/mol. The molecule has 0 unspecified atom stereocenters. The van der Waals surface area contributed by atoms with E-state index in [1.807, 2.05) is 5.32 Å². The quantitative estimate of drug-likeness (QED) is 0.326. The molecule has 2 fully saturated rings. The van der Waals surface area contributed by atoms with Gasteiger partial charge in [0.1, 0.15) is 5.82 Å². The van der Waals surface area contributed by atoms with Gasteiger partial charge in [0.25, 0.3) is 0 Å². The summed E-state index contributed by atoms with van der Waals surface area (Å²) in [6.07, 6.45) is -2.79. The van der Waals surface area contributed by atoms with Crippen LogP contribution in [0.25, 0.3) is 10.9 Å². The topological polar surface area (TPSA) is 125 Å². The fraction of sp³-hybridized carbons (Fsp3) is 0.556. The summed E-state index contributed by atoms with van der Waals surface area (Å²) in [6.45, 7) is 3.48. The van der Waals surface area contributed by atoms with Gasteiger partial charge in [-0.15, -0.1) is 0 Å². The number of quaternary nitrogens is 1. The highest BCUT2D eigenvalue weighted by Crippen LogP contribution is 2.38. The number of carbonyl (C=O) groups excluding carboxylic acids is 3. The van der Waals surface area contributed by atoms with Gasteiger partial charge in [0.2, 0.25) is 5.91 Å². The fourth-order valence-corrected chi connectivity index (χ4v) is 5.33. The number of carbonyl (C=O) groups is 3. The summed E-state index contributed by atoms with van der Waals surface area (Å²) in [7, 11) is 0. The molecule has 1 aromatic carbocycles. The van der Waals surface area contributed by atoms with Crippen LogP contribution in [-0.4, -0.2) is 67.0 Å². The monoisotopic (exact) mass is 584 g/mol. The number of benzene rings is 1. The highest BCUT2D eigenvalue weighted by molar-refractivity contribution is 5.92. The van der Waals surface area contributed by atoms with Gasteiger partial charge in [-0.3, -0.25) is 19.8 Å². The van der Waals surface area contributed by atoms with Gasteiger partial charge in [-0.1, -0.05) is 13.8 Å². The van der Waals surface area contributed by atoms with Crippen molar-refractivity contribution in [2.45, 2.75) is 57.9 Å². The molecule has 0 bridgehead atoms. The third-order valence-electron chi connectivity index (χ3n) is 7.43. The minimum atomic E-state index is -5.20. The number of aromatic nitrogens is 1. The number of carboxylic acid groups (broad SMARTS) is 1. The number of esters is 1. The zero-order chi connectivity index (χ0) is 30.3. The number of pyridine rings is 1. The molecular formula is C27H32F4N4O6. The molecule has 10 nitrogen and oxygen atoms in total. The standard InChI is InChI=1S/C27H32F4N4O6/c1-4-41-25(40)26(27(29,30)31,32-22(36)11-15(2)3)34-9-7-33(8-10-34)21-13-20-17(12-19(21)28)23(37)18(24(38)39)14-35(20)16-5-6-16/h12-16H,4-11H2,1-3H3,(H,32,36)(H,38,39)/t26-/m1/s1. The maximum Gasteiger partial charge on any atom is 0.478 e. The van der Waals surface area contributed by atoms with E-state index in [1.165, 1.54) is 24.1 Å². The average molecular weight is 585 g/mol. The number of rotatable bonds is 9. The number of hydrogen-bond donors (Lipinski definition) is 2. The summed E-state index contributed by atoms with van der Waals surface area (Å²) in [6, 6.07) is 2.24. The van der Waals surface area contributed by atoms with E-state index in [0.29, 0.717) is 5.52 Å². The first kappa shape index (κ1) is 30.3. The second-order valence-corrected chi connectivity index (χ2v) is 10.8. The molecule has 1 aliphatic heterocycles. The molecule has 1 saturated heterocycles. The van der Waals surface area contributed by atoms with Crippen molar-refractivity contribution >= 4 is 34.4 Å². The first-order valence-corrected chi connectivity index (χ1v) is 13.5. The number of piperazine rings is 1. The van der Waals surface area contributed by atoms with Crippen LogP contribution in [0.15, 0.2) is 23.1 Å². The minimum absolute atomic E-state index is 0.0177. The van der Waals surface area contributed by atoms with Crippen LogP contribution in [0.1, 0.15) is 56.4 Å². The number of fused-ring (bicyclic) bond motifs is 1. The second-order valence-electron chi connectivity index (χ2n) is 10.8. The number of hydrogen-bond acceptors (Lipinski definition) is 7. The van der Waals surface area contributed by atoms with Crippen molar-refractivity contribution in [3.05, 3.63) is 39.9 Å². The van der Waals surface area contributed by atoms with Crippen LogP contribution in [-0.2, 0) is 14.3 Å². The maximum atomic E-state index is 15.3. The first-order valence-electron chi connectivity index (χ1n) is 13.5. The predicted molar refractivity (Wildman–Crippen MR) is 137 cm³/mol. The number of halogens is 4. The number of aromatic carboxylic acids is 1. The molecule has 41 heavy (non-hydrogen) atoms. The SMILES string of the molecule is CCOC(=O)[C@@](NC(=O)CC(C)C)([NH+]1CCN(c2cc3c(cc2F)c(=O)c(C(=O)[O-])cn3C2CC2)CC1)C(F)(F)F. The Labute approximate surface area is 232 Å². The van der Waals surface area contributed by atoms with Crippen LogP contribution in [0, 0.1) is 11.7 Å². The lowest BCUT2D eigenvalue weighted by Crippen LogP contribution is -3.27. The van der Waals surface area contributed by atoms with E-state index in [9.17, 15) is 37.5 Å². The third kappa shape index (κ3) is 5.74. The Morgan fingerprint density at radius 3 is 2.32 bits per heavy atom. The highest BCUT2D eigenvalue weighted by atomic mass is 19.4. The molecule has 2 N–H and O–H groups in total. The molecule has 1 atom stereocenters. The van der Waals surface area contributed by atoms with E-state index in [2.05, 4.69) is 0 Å². The van der Waals surface area contributed by atoms with Crippen LogP contribution in [0.2, 0.25) is 0 Å². The normalized spacial score (nSPS) is 17.9. The van der Waals surface area contributed by atoms with Crippen molar-refractivity contribution in [1.29, 1.82) is 0 Å². The summed E-state index contributed by atoms with van der Waals surface area (Å²) >= 11 is 0. The number of amides is 1. The van der Waals surface area contributed by atoms with E-state index in [-0.39, 0.29) is 67.1 Å². The molecule has 0 spiro atoms. The molecule has 1 aliphatic carbocycles. The molecule has 1 amide bonds. The second kappa shape index (κ2) is 11.3. The predicted octanol–water partition coefficient (Wildman–Crippen LogP) is 0.528.